The smallest absolute Gasteiger partial charge is 0.416 e. The topological polar surface area (TPSA) is 53.1 Å². The lowest BCUT2D eigenvalue weighted by Crippen LogP contribution is -2.44. The van der Waals surface area contributed by atoms with Crippen LogP contribution in [0.5, 0.6) is 0 Å². The van der Waals surface area contributed by atoms with Gasteiger partial charge in [0, 0.05) is 56.2 Å². The summed E-state index contributed by atoms with van der Waals surface area (Å²) < 4.78 is 78.3. The van der Waals surface area contributed by atoms with Crippen LogP contribution in [-0.2, 0) is 33.0 Å². The number of hydrogen-bond donors (Lipinski definition) is 0. The Morgan fingerprint density at radius 3 is 2.25 bits per heavy atom. The third-order valence-electron chi connectivity index (χ3n) is 7.81. The molecule has 1 amide bonds. The van der Waals surface area contributed by atoms with Gasteiger partial charge in [0.15, 0.2) is 0 Å². The number of alkyl halides is 5. The van der Waals surface area contributed by atoms with E-state index < -0.39 is 65.4 Å². The molecule has 0 bridgehead atoms. The first-order valence-corrected chi connectivity index (χ1v) is 12.1. The summed E-state index contributed by atoms with van der Waals surface area (Å²) in [5.41, 5.74) is -2.92. The Kier molecular flexibility index (Phi) is 7.11. The van der Waals surface area contributed by atoms with Crippen LogP contribution < -0.4 is 0 Å². The van der Waals surface area contributed by atoms with Crippen LogP contribution in [0.1, 0.15) is 42.9 Å². The van der Waals surface area contributed by atoms with Crippen molar-refractivity contribution in [3.63, 3.8) is 0 Å². The van der Waals surface area contributed by atoms with E-state index in [0.717, 1.165) is 37.2 Å². The first-order chi connectivity index (χ1) is 16.8. The minimum atomic E-state index is -4.99. The van der Waals surface area contributed by atoms with E-state index in [-0.39, 0.29) is 6.54 Å². The fraction of sp³-hybridized carbons (Fsp3) is 0.680. The van der Waals surface area contributed by atoms with E-state index in [4.69, 9.17) is 4.74 Å². The zero-order chi connectivity index (χ0) is 26.5. The summed E-state index contributed by atoms with van der Waals surface area (Å²) in [7, 11) is 3.06. The molecule has 1 aromatic carbocycles. The van der Waals surface area contributed by atoms with Crippen LogP contribution in [0.3, 0.4) is 0 Å². The number of likely N-dealkylation sites (tertiary alicyclic amines) is 1. The van der Waals surface area contributed by atoms with Gasteiger partial charge in [-0.1, -0.05) is 19.1 Å². The van der Waals surface area contributed by atoms with Gasteiger partial charge in [0.1, 0.15) is 6.04 Å². The third kappa shape index (κ3) is 5.22. The molecule has 1 saturated carbocycles. The van der Waals surface area contributed by atoms with E-state index in [1.165, 1.54) is 6.07 Å². The minimum absolute atomic E-state index is 0.234. The summed E-state index contributed by atoms with van der Waals surface area (Å²) in [6, 6.07) is 1.73. The zero-order valence-electron chi connectivity index (χ0n) is 20.7. The van der Waals surface area contributed by atoms with Gasteiger partial charge in [-0.05, 0) is 37.9 Å². The number of methoxy groups -OCH3 is 1. The van der Waals surface area contributed by atoms with Gasteiger partial charge in [0.2, 0.25) is 5.91 Å². The molecule has 1 aliphatic carbocycles. The lowest BCUT2D eigenvalue weighted by Gasteiger charge is -2.32. The molecule has 200 valence electrons. The van der Waals surface area contributed by atoms with E-state index in [1.54, 1.807) is 6.92 Å². The first kappa shape index (κ1) is 26.8. The Morgan fingerprint density at radius 2 is 1.69 bits per heavy atom. The van der Waals surface area contributed by atoms with Crippen LogP contribution in [-0.4, -0.2) is 79.5 Å². The Hall–Kier alpha value is -2.27. The van der Waals surface area contributed by atoms with Crippen molar-refractivity contribution in [3.05, 3.63) is 34.9 Å². The predicted molar refractivity (Wildman–Crippen MR) is 121 cm³/mol. The molecule has 1 unspecified atom stereocenters. The third-order valence-corrected chi connectivity index (χ3v) is 7.81. The van der Waals surface area contributed by atoms with Crippen LogP contribution in [0.25, 0.3) is 0 Å². The number of nitrogens with zero attached hydrogens (tertiary/aromatic N) is 3. The minimum Gasteiger partial charge on any atom is -0.467 e. The lowest BCUT2D eigenvalue weighted by molar-refractivity contribution is -0.152. The molecular formula is C25H32F5N3O3. The molecule has 6 nitrogen and oxygen atoms in total. The standard InChI is InChI=1S/C25H32F5N3O3/c1-23(6-7-23)22(35)33-15-17(13-20(33)21(34)36-3)24(26,27)18-5-4-16(12-19(18)25(28,29)30)14-32-10-8-31(2)9-11-32/h4-5,12,17,20H,6-11,13-15H2,1-3H3/t17?,20-/m0/s1. The van der Waals surface area contributed by atoms with Gasteiger partial charge in [-0.15, -0.1) is 0 Å². The van der Waals surface area contributed by atoms with Crippen LogP contribution in [0, 0.1) is 11.3 Å². The highest BCUT2D eigenvalue weighted by Crippen LogP contribution is 2.51. The van der Waals surface area contributed by atoms with E-state index in [2.05, 4.69) is 4.90 Å². The second-order valence-electron chi connectivity index (χ2n) is 10.6. The largest absolute Gasteiger partial charge is 0.467 e. The van der Waals surface area contributed by atoms with E-state index in [0.29, 0.717) is 31.5 Å². The van der Waals surface area contributed by atoms with Crippen molar-refractivity contribution < 1.29 is 36.3 Å². The summed E-state index contributed by atoms with van der Waals surface area (Å²) in [5.74, 6) is -6.85. The number of carbonyl (C=O) groups excluding carboxylic acids is 2. The van der Waals surface area contributed by atoms with E-state index in [1.807, 2.05) is 11.9 Å². The average Bonchev–Trinajstić information content (AvgIpc) is 3.41. The van der Waals surface area contributed by atoms with E-state index in [9.17, 15) is 22.8 Å². The number of carbonyl (C=O) groups is 2. The molecule has 3 aliphatic rings. The molecule has 11 heteroatoms. The highest BCUT2D eigenvalue weighted by atomic mass is 19.4. The van der Waals surface area contributed by atoms with Crippen molar-refractivity contribution in [1.82, 2.24) is 14.7 Å². The molecule has 3 fully saturated rings. The van der Waals surface area contributed by atoms with Crippen LogP contribution in [0.2, 0.25) is 0 Å². The maximum atomic E-state index is 15.8. The number of benzene rings is 1. The lowest BCUT2D eigenvalue weighted by atomic mass is 9.88. The molecule has 36 heavy (non-hydrogen) atoms. The summed E-state index contributed by atoms with van der Waals surface area (Å²) in [5, 5.41) is 0. The molecule has 2 heterocycles. The second kappa shape index (κ2) is 9.55. The molecule has 4 rings (SSSR count). The van der Waals surface area contributed by atoms with Crippen molar-refractivity contribution in [2.45, 2.75) is 50.9 Å². The van der Waals surface area contributed by atoms with Gasteiger partial charge >= 0.3 is 12.1 Å². The molecule has 2 atom stereocenters. The van der Waals surface area contributed by atoms with Crippen molar-refractivity contribution in [3.8, 4) is 0 Å². The van der Waals surface area contributed by atoms with Gasteiger partial charge in [-0.3, -0.25) is 9.69 Å². The molecule has 1 aromatic rings. The molecule has 0 spiro atoms. The zero-order valence-corrected chi connectivity index (χ0v) is 20.7. The summed E-state index contributed by atoms with van der Waals surface area (Å²) >= 11 is 0. The van der Waals surface area contributed by atoms with Gasteiger partial charge in [0.25, 0.3) is 5.92 Å². The number of amides is 1. The van der Waals surface area contributed by atoms with Gasteiger partial charge in [0.05, 0.1) is 12.7 Å². The maximum Gasteiger partial charge on any atom is 0.416 e. The Morgan fingerprint density at radius 1 is 1.06 bits per heavy atom. The SMILES string of the molecule is COC(=O)[C@@H]1CC(C(F)(F)c2ccc(CN3CCN(C)CC3)cc2C(F)(F)F)CN1C(=O)C1(C)CC1. The molecule has 2 aliphatic heterocycles. The summed E-state index contributed by atoms with van der Waals surface area (Å²) in [4.78, 5) is 30.4. The fourth-order valence-electron chi connectivity index (χ4n) is 5.13. The second-order valence-corrected chi connectivity index (χ2v) is 10.6. The van der Waals surface area contributed by atoms with Gasteiger partial charge in [-0.25, -0.2) is 13.6 Å². The highest BCUT2D eigenvalue weighted by Gasteiger charge is 2.57. The molecular weight excluding hydrogens is 485 g/mol. The Bertz CT molecular complexity index is 1000. The fourth-order valence-corrected chi connectivity index (χ4v) is 5.13. The number of rotatable bonds is 6. The Balaban J connectivity index is 1.61. The van der Waals surface area contributed by atoms with Crippen LogP contribution in [0.15, 0.2) is 18.2 Å². The molecule has 0 aromatic heterocycles. The Labute approximate surface area is 207 Å². The van der Waals surface area contributed by atoms with Crippen molar-refractivity contribution in [1.29, 1.82) is 0 Å². The quantitative estimate of drug-likeness (QED) is 0.425. The van der Waals surface area contributed by atoms with Crippen molar-refractivity contribution >= 4 is 11.9 Å². The monoisotopic (exact) mass is 517 g/mol. The van der Waals surface area contributed by atoms with E-state index >= 15 is 8.78 Å². The van der Waals surface area contributed by atoms with Gasteiger partial charge in [-0.2, -0.15) is 13.2 Å². The predicted octanol–water partition coefficient (Wildman–Crippen LogP) is 3.73. The number of halogens is 5. The van der Waals surface area contributed by atoms with Crippen molar-refractivity contribution in [2.24, 2.45) is 11.3 Å². The van der Waals surface area contributed by atoms with Crippen LogP contribution >= 0.6 is 0 Å². The summed E-state index contributed by atoms with van der Waals surface area (Å²) in [6.45, 7) is 4.32. The number of hydrogen-bond acceptors (Lipinski definition) is 5. The maximum absolute atomic E-state index is 15.8. The number of likely N-dealkylation sites (N-methyl/N-ethyl adjacent to an activating group) is 1. The average molecular weight is 518 g/mol. The van der Waals surface area contributed by atoms with Gasteiger partial charge < -0.3 is 14.5 Å². The molecule has 2 saturated heterocycles. The number of esters is 1. The number of piperazine rings is 1. The summed E-state index contributed by atoms with van der Waals surface area (Å²) in [6.07, 6.45) is -4.31. The molecule has 0 N–H and O–H groups in total. The van der Waals surface area contributed by atoms with Crippen LogP contribution in [0.4, 0.5) is 22.0 Å². The normalized spacial score (nSPS) is 25.2. The number of ether oxygens (including phenoxy) is 1. The molecule has 0 radical (unpaired) electrons. The van der Waals surface area contributed by atoms with Crippen molar-refractivity contribution in [2.75, 3.05) is 46.9 Å². The highest BCUT2D eigenvalue weighted by molar-refractivity contribution is 5.90. The first-order valence-electron chi connectivity index (χ1n) is 12.1.